The van der Waals surface area contributed by atoms with Crippen molar-refractivity contribution in [3.8, 4) is 0 Å². The van der Waals surface area contributed by atoms with Crippen molar-refractivity contribution in [2.75, 3.05) is 13.6 Å². The summed E-state index contributed by atoms with van der Waals surface area (Å²) < 4.78 is 1.26. The van der Waals surface area contributed by atoms with Crippen molar-refractivity contribution in [2.45, 2.75) is 57.2 Å². The molecule has 0 amide bonds. The van der Waals surface area contributed by atoms with Crippen molar-refractivity contribution < 1.29 is 33.6 Å². The van der Waals surface area contributed by atoms with E-state index in [1.165, 1.54) is 30.3 Å². The molecule has 84 valence electrons. The SMILES string of the molecule is CCC[N+]1(C)C2CCC1CC(O)C2.[I-]. The summed E-state index contributed by atoms with van der Waals surface area (Å²) in [6, 6.07) is 1.52. The van der Waals surface area contributed by atoms with E-state index in [9.17, 15) is 5.11 Å². The fourth-order valence-corrected chi connectivity index (χ4v) is 3.56. The lowest BCUT2D eigenvalue weighted by atomic mass is 9.96. The van der Waals surface area contributed by atoms with E-state index >= 15 is 0 Å². The molecule has 2 nitrogen and oxygen atoms in total. The van der Waals surface area contributed by atoms with Gasteiger partial charge in [0.05, 0.1) is 31.8 Å². The second-order valence-electron chi connectivity index (χ2n) is 5.08. The highest BCUT2D eigenvalue weighted by Crippen LogP contribution is 2.41. The summed E-state index contributed by atoms with van der Waals surface area (Å²) in [5.74, 6) is 0. The topological polar surface area (TPSA) is 20.2 Å². The zero-order chi connectivity index (χ0) is 9.47. The van der Waals surface area contributed by atoms with Gasteiger partial charge in [0, 0.05) is 25.7 Å². The first-order valence-corrected chi connectivity index (χ1v) is 5.69. The van der Waals surface area contributed by atoms with Crippen molar-refractivity contribution in [2.24, 2.45) is 0 Å². The maximum Gasteiger partial charge on any atom is 0.0917 e. The summed E-state index contributed by atoms with van der Waals surface area (Å²) in [6.45, 7) is 3.58. The average molecular weight is 311 g/mol. The number of hydrogen-bond acceptors (Lipinski definition) is 1. The molecule has 2 atom stereocenters. The third kappa shape index (κ3) is 1.95. The first kappa shape index (κ1) is 12.7. The Morgan fingerprint density at radius 1 is 1.21 bits per heavy atom. The maximum absolute atomic E-state index is 9.68. The van der Waals surface area contributed by atoms with Crippen molar-refractivity contribution in [3.63, 3.8) is 0 Å². The number of aliphatic hydroxyl groups excluding tert-OH is 1. The van der Waals surface area contributed by atoms with E-state index in [4.69, 9.17) is 0 Å². The second kappa shape index (κ2) is 4.66. The highest BCUT2D eigenvalue weighted by Gasteiger charge is 2.50. The van der Waals surface area contributed by atoms with Gasteiger partial charge in [0.1, 0.15) is 0 Å². The minimum absolute atomic E-state index is 0. The molecule has 0 spiro atoms. The molecule has 0 radical (unpaired) electrons. The Kier molecular flexibility index (Phi) is 4.23. The van der Waals surface area contributed by atoms with Crippen molar-refractivity contribution in [1.29, 1.82) is 0 Å². The highest BCUT2D eigenvalue weighted by atomic mass is 127. The Balaban J connectivity index is 0.000000980. The van der Waals surface area contributed by atoms with E-state index in [0.29, 0.717) is 0 Å². The van der Waals surface area contributed by atoms with Crippen LogP contribution in [0.4, 0.5) is 0 Å². The molecule has 1 N–H and O–H groups in total. The lowest BCUT2D eigenvalue weighted by molar-refractivity contribution is -0.949. The van der Waals surface area contributed by atoms with Gasteiger partial charge in [-0.3, -0.25) is 0 Å². The number of halogens is 1. The van der Waals surface area contributed by atoms with Gasteiger partial charge in [0.25, 0.3) is 0 Å². The van der Waals surface area contributed by atoms with Crippen LogP contribution in [0.15, 0.2) is 0 Å². The fourth-order valence-electron chi connectivity index (χ4n) is 3.56. The minimum atomic E-state index is 0. The molecule has 0 aromatic carbocycles. The van der Waals surface area contributed by atoms with Gasteiger partial charge in [0.15, 0.2) is 0 Å². The molecule has 2 heterocycles. The standard InChI is InChI=1S/C11H22NO.HI/c1-3-6-12(2)9-4-5-10(12)8-11(13)7-9;/h9-11,13H,3-8H2,1-2H3;1H/q+1;/p-1. The van der Waals surface area contributed by atoms with Gasteiger partial charge in [-0.05, 0) is 6.42 Å². The molecule has 2 rings (SSSR count). The van der Waals surface area contributed by atoms with Crippen LogP contribution >= 0.6 is 0 Å². The molecule has 0 saturated carbocycles. The number of rotatable bonds is 2. The van der Waals surface area contributed by atoms with Gasteiger partial charge in [-0.2, -0.15) is 0 Å². The number of fused-ring (bicyclic) bond motifs is 2. The molecule has 2 fully saturated rings. The quantitative estimate of drug-likeness (QED) is 0.488. The van der Waals surface area contributed by atoms with Crippen molar-refractivity contribution >= 4 is 0 Å². The smallest absolute Gasteiger partial charge is 0.0917 e. The number of quaternary nitrogens is 1. The zero-order valence-corrected chi connectivity index (χ0v) is 11.4. The normalized spacial score (nSPS) is 46.1. The molecule has 0 aliphatic carbocycles. The second-order valence-corrected chi connectivity index (χ2v) is 5.08. The van der Waals surface area contributed by atoms with E-state index in [1.54, 1.807) is 0 Å². The van der Waals surface area contributed by atoms with Gasteiger partial charge in [-0.1, -0.05) is 6.92 Å². The summed E-state index contributed by atoms with van der Waals surface area (Å²) in [5.41, 5.74) is 0. The van der Waals surface area contributed by atoms with Gasteiger partial charge in [-0.15, -0.1) is 0 Å². The zero-order valence-electron chi connectivity index (χ0n) is 9.25. The molecule has 14 heavy (non-hydrogen) atoms. The summed E-state index contributed by atoms with van der Waals surface area (Å²) >= 11 is 0. The number of hydrogen-bond donors (Lipinski definition) is 1. The van der Waals surface area contributed by atoms with Crippen LogP contribution in [0.1, 0.15) is 39.0 Å². The molecule has 2 aliphatic rings. The predicted molar refractivity (Wildman–Crippen MR) is 53.4 cm³/mol. The molecule has 2 unspecified atom stereocenters. The Bertz CT molecular complexity index is 184. The predicted octanol–water partition coefficient (Wildman–Crippen LogP) is -1.47. The molecule has 3 heteroatoms. The highest BCUT2D eigenvalue weighted by molar-refractivity contribution is 4.85. The van der Waals surface area contributed by atoms with Crippen LogP contribution in [0.25, 0.3) is 0 Å². The van der Waals surface area contributed by atoms with Crippen LogP contribution in [0.5, 0.6) is 0 Å². The van der Waals surface area contributed by atoms with Gasteiger partial charge < -0.3 is 33.6 Å². The molecule has 0 aromatic heterocycles. The van der Waals surface area contributed by atoms with E-state index < -0.39 is 0 Å². The summed E-state index contributed by atoms with van der Waals surface area (Å²) in [4.78, 5) is 0. The molecular weight excluding hydrogens is 289 g/mol. The molecular formula is C11H22INO. The van der Waals surface area contributed by atoms with Gasteiger partial charge in [0.2, 0.25) is 0 Å². The number of piperidine rings is 1. The van der Waals surface area contributed by atoms with E-state index in [1.807, 2.05) is 0 Å². The third-order valence-corrected chi connectivity index (χ3v) is 4.30. The lowest BCUT2D eigenvalue weighted by Crippen LogP contribution is -3.00. The average Bonchev–Trinajstić information content (AvgIpc) is 2.31. The first-order chi connectivity index (χ1) is 6.16. The maximum atomic E-state index is 9.68. The molecule has 0 aromatic rings. The van der Waals surface area contributed by atoms with Crippen LogP contribution in [-0.2, 0) is 0 Å². The first-order valence-electron chi connectivity index (χ1n) is 5.69. The van der Waals surface area contributed by atoms with Crippen LogP contribution in [0.2, 0.25) is 0 Å². The lowest BCUT2D eigenvalue weighted by Gasteiger charge is -2.46. The minimum Gasteiger partial charge on any atom is -1.00 e. The summed E-state index contributed by atoms with van der Waals surface area (Å²) in [7, 11) is 2.40. The monoisotopic (exact) mass is 311 g/mol. The van der Waals surface area contributed by atoms with Crippen LogP contribution in [0, 0.1) is 0 Å². The van der Waals surface area contributed by atoms with E-state index in [-0.39, 0.29) is 30.1 Å². The van der Waals surface area contributed by atoms with Crippen LogP contribution in [0.3, 0.4) is 0 Å². The van der Waals surface area contributed by atoms with E-state index in [2.05, 4.69) is 14.0 Å². The Morgan fingerprint density at radius 2 is 1.71 bits per heavy atom. The van der Waals surface area contributed by atoms with E-state index in [0.717, 1.165) is 24.9 Å². The third-order valence-electron chi connectivity index (χ3n) is 4.30. The molecule has 2 aliphatic heterocycles. The van der Waals surface area contributed by atoms with Gasteiger partial charge in [-0.25, -0.2) is 0 Å². The molecule has 2 saturated heterocycles. The Morgan fingerprint density at radius 3 is 2.14 bits per heavy atom. The number of nitrogens with zero attached hydrogens (tertiary/aromatic N) is 1. The van der Waals surface area contributed by atoms with Crippen molar-refractivity contribution in [3.05, 3.63) is 0 Å². The van der Waals surface area contributed by atoms with Gasteiger partial charge >= 0.3 is 0 Å². The Hall–Kier alpha value is 0.650. The number of aliphatic hydroxyl groups is 1. The fraction of sp³-hybridized carbons (Fsp3) is 1.00. The van der Waals surface area contributed by atoms with Crippen LogP contribution in [-0.4, -0.2) is 41.4 Å². The molecule has 2 bridgehead atoms. The summed E-state index contributed by atoms with van der Waals surface area (Å²) in [5, 5.41) is 9.68. The van der Waals surface area contributed by atoms with Crippen molar-refractivity contribution in [1.82, 2.24) is 0 Å². The Labute approximate surface area is 104 Å². The largest absolute Gasteiger partial charge is 1.00 e. The summed E-state index contributed by atoms with van der Waals surface area (Å²) in [6.07, 6.45) is 6.07. The van der Waals surface area contributed by atoms with Crippen LogP contribution < -0.4 is 24.0 Å².